The standard InChI is InChI=1S/C26H26ClF3N4O2/c1-34-21(17-6-2-3-7-18(17)26(28,29)30)32-33-22(34)25-13-10-24(11-14-25,12-15-25)16-31-23(35)36-20-9-5-4-8-19(20)27/h2-9H,10-16H2,1H3,(H,31,35). The molecule has 1 amide bonds. The van der Waals surface area contributed by atoms with Crippen molar-refractivity contribution >= 4 is 17.7 Å². The first-order valence-corrected chi connectivity index (χ1v) is 12.3. The monoisotopic (exact) mass is 518 g/mol. The van der Waals surface area contributed by atoms with E-state index in [0.717, 1.165) is 50.4 Å². The highest BCUT2D eigenvalue weighted by molar-refractivity contribution is 6.32. The summed E-state index contributed by atoms with van der Waals surface area (Å²) in [5.74, 6) is 1.26. The SMILES string of the molecule is Cn1c(-c2ccccc2C(F)(F)F)nnc1C12CCC(CNC(=O)Oc3ccccc3Cl)(CC1)CC2. The number of para-hydroxylation sites is 1. The summed E-state index contributed by atoms with van der Waals surface area (Å²) in [4.78, 5) is 12.3. The molecule has 1 N–H and O–H groups in total. The third-order valence-electron chi connectivity index (χ3n) is 7.87. The molecule has 0 aliphatic heterocycles. The van der Waals surface area contributed by atoms with Gasteiger partial charge < -0.3 is 14.6 Å². The number of hydrogen-bond donors (Lipinski definition) is 1. The maximum absolute atomic E-state index is 13.6. The summed E-state index contributed by atoms with van der Waals surface area (Å²) in [6, 6.07) is 12.3. The Hall–Kier alpha value is -3.07. The number of amides is 1. The Bertz CT molecular complexity index is 1270. The highest BCUT2D eigenvalue weighted by Crippen LogP contribution is 2.57. The molecule has 0 unspecified atom stereocenters. The molecule has 0 radical (unpaired) electrons. The molecule has 3 aliphatic rings. The lowest BCUT2D eigenvalue weighted by Gasteiger charge is -2.52. The summed E-state index contributed by atoms with van der Waals surface area (Å²) in [7, 11) is 1.75. The molecule has 3 aromatic rings. The van der Waals surface area contributed by atoms with Crippen LogP contribution in [0.1, 0.15) is 49.9 Å². The van der Waals surface area contributed by atoms with E-state index in [1.165, 1.54) is 12.1 Å². The van der Waals surface area contributed by atoms with Crippen molar-refractivity contribution in [1.82, 2.24) is 20.1 Å². The summed E-state index contributed by atoms with van der Waals surface area (Å²) in [5, 5.41) is 11.9. The zero-order valence-corrected chi connectivity index (χ0v) is 20.5. The van der Waals surface area contributed by atoms with Crippen molar-refractivity contribution in [1.29, 1.82) is 0 Å². The van der Waals surface area contributed by atoms with E-state index in [1.807, 2.05) is 0 Å². The van der Waals surface area contributed by atoms with Gasteiger partial charge in [-0.15, -0.1) is 10.2 Å². The average Bonchev–Trinajstić information content (AvgIpc) is 3.27. The van der Waals surface area contributed by atoms with Crippen molar-refractivity contribution in [2.75, 3.05) is 6.54 Å². The van der Waals surface area contributed by atoms with Gasteiger partial charge in [-0.25, -0.2) is 4.79 Å². The number of nitrogens with zero attached hydrogens (tertiary/aromatic N) is 3. The van der Waals surface area contributed by atoms with Gasteiger partial charge in [-0.05, 0) is 62.1 Å². The third kappa shape index (κ3) is 4.45. The Morgan fingerprint density at radius 3 is 2.33 bits per heavy atom. The largest absolute Gasteiger partial charge is 0.417 e. The van der Waals surface area contributed by atoms with E-state index < -0.39 is 17.8 Å². The van der Waals surface area contributed by atoms with E-state index in [1.54, 1.807) is 41.9 Å². The smallest absolute Gasteiger partial charge is 0.409 e. The minimum Gasteiger partial charge on any atom is -0.409 e. The molecular weight excluding hydrogens is 493 g/mol. The molecule has 3 aliphatic carbocycles. The second-order valence-corrected chi connectivity index (χ2v) is 10.3. The number of benzene rings is 2. The minimum absolute atomic E-state index is 0.0323. The lowest BCUT2D eigenvalue weighted by atomic mass is 9.53. The molecule has 190 valence electrons. The van der Waals surface area contributed by atoms with Gasteiger partial charge >= 0.3 is 12.3 Å². The van der Waals surface area contributed by atoms with Crippen molar-refractivity contribution in [2.24, 2.45) is 12.5 Å². The maximum Gasteiger partial charge on any atom is 0.417 e. The molecule has 0 spiro atoms. The first-order chi connectivity index (χ1) is 17.1. The van der Waals surface area contributed by atoms with Crippen LogP contribution in [0.2, 0.25) is 5.02 Å². The molecule has 0 saturated heterocycles. The number of nitrogens with one attached hydrogen (secondary N) is 1. The van der Waals surface area contributed by atoms with Crippen LogP contribution in [-0.4, -0.2) is 27.4 Å². The fourth-order valence-corrected chi connectivity index (χ4v) is 5.91. The maximum atomic E-state index is 13.6. The van der Waals surface area contributed by atoms with Crippen molar-refractivity contribution in [3.8, 4) is 17.1 Å². The zero-order valence-electron chi connectivity index (χ0n) is 19.7. The molecule has 3 saturated carbocycles. The summed E-state index contributed by atoms with van der Waals surface area (Å²) >= 11 is 6.06. The number of ether oxygens (including phenoxy) is 1. The van der Waals surface area contributed by atoms with E-state index in [9.17, 15) is 18.0 Å². The highest BCUT2D eigenvalue weighted by atomic mass is 35.5. The highest BCUT2D eigenvalue weighted by Gasteiger charge is 2.51. The number of rotatable bonds is 5. The van der Waals surface area contributed by atoms with Gasteiger partial charge in [-0.2, -0.15) is 13.2 Å². The molecule has 1 aromatic heterocycles. The Balaban J connectivity index is 1.28. The fraction of sp³-hybridized carbons (Fsp3) is 0.423. The van der Waals surface area contributed by atoms with Crippen LogP contribution in [0.5, 0.6) is 5.75 Å². The number of halogens is 4. The van der Waals surface area contributed by atoms with Gasteiger partial charge in [0.1, 0.15) is 5.82 Å². The van der Waals surface area contributed by atoms with Crippen molar-refractivity contribution < 1.29 is 22.7 Å². The van der Waals surface area contributed by atoms with Crippen molar-refractivity contribution in [3.63, 3.8) is 0 Å². The van der Waals surface area contributed by atoms with Gasteiger partial charge in [0.2, 0.25) is 0 Å². The average molecular weight is 519 g/mol. The van der Waals surface area contributed by atoms with Crippen LogP contribution in [0, 0.1) is 5.41 Å². The second-order valence-electron chi connectivity index (χ2n) is 9.90. The van der Waals surface area contributed by atoms with E-state index in [-0.39, 0.29) is 22.2 Å². The van der Waals surface area contributed by atoms with E-state index in [0.29, 0.717) is 17.3 Å². The lowest BCUT2D eigenvalue weighted by molar-refractivity contribution is -0.137. The number of hydrogen-bond acceptors (Lipinski definition) is 4. The predicted molar refractivity (Wildman–Crippen MR) is 129 cm³/mol. The number of carbonyl (C=O) groups excluding carboxylic acids is 1. The molecular formula is C26H26ClF3N4O2. The Morgan fingerprint density at radius 2 is 1.67 bits per heavy atom. The zero-order chi connectivity index (χ0) is 25.6. The van der Waals surface area contributed by atoms with Gasteiger partial charge in [-0.3, -0.25) is 0 Å². The molecule has 6 rings (SSSR count). The first-order valence-electron chi connectivity index (χ1n) is 11.9. The van der Waals surface area contributed by atoms with Gasteiger partial charge in [0.25, 0.3) is 0 Å². The van der Waals surface area contributed by atoms with Crippen LogP contribution in [0.4, 0.5) is 18.0 Å². The van der Waals surface area contributed by atoms with Gasteiger partial charge in [0.15, 0.2) is 11.6 Å². The third-order valence-corrected chi connectivity index (χ3v) is 8.18. The van der Waals surface area contributed by atoms with Crippen LogP contribution >= 0.6 is 11.6 Å². The number of aromatic nitrogens is 3. The first kappa shape index (κ1) is 24.6. The van der Waals surface area contributed by atoms with E-state index in [2.05, 4.69) is 15.5 Å². The topological polar surface area (TPSA) is 69.0 Å². The van der Waals surface area contributed by atoms with Gasteiger partial charge in [0.05, 0.1) is 10.6 Å². The molecule has 6 nitrogen and oxygen atoms in total. The summed E-state index contributed by atoms with van der Waals surface area (Å²) < 4.78 is 47.8. The lowest BCUT2D eigenvalue weighted by Crippen LogP contribution is -2.50. The van der Waals surface area contributed by atoms with E-state index >= 15 is 0 Å². The summed E-state index contributed by atoms with van der Waals surface area (Å²) in [6.07, 6.45) is 0.114. The Morgan fingerprint density at radius 1 is 1.03 bits per heavy atom. The molecule has 36 heavy (non-hydrogen) atoms. The molecule has 3 fully saturated rings. The number of carbonyl (C=O) groups is 1. The predicted octanol–water partition coefficient (Wildman–Crippen LogP) is 6.53. The van der Waals surface area contributed by atoms with Crippen LogP contribution < -0.4 is 10.1 Å². The number of fused-ring (bicyclic) bond motifs is 3. The fourth-order valence-electron chi connectivity index (χ4n) is 5.74. The second kappa shape index (κ2) is 9.10. The van der Waals surface area contributed by atoms with Gasteiger partial charge in [-0.1, -0.05) is 41.9 Å². The van der Waals surface area contributed by atoms with Crippen LogP contribution in [-0.2, 0) is 18.6 Å². The van der Waals surface area contributed by atoms with Crippen LogP contribution in [0.25, 0.3) is 11.4 Å². The van der Waals surface area contributed by atoms with Crippen molar-refractivity contribution in [2.45, 2.75) is 50.1 Å². The Kier molecular flexibility index (Phi) is 6.22. The van der Waals surface area contributed by atoms with Crippen LogP contribution in [0.3, 0.4) is 0 Å². The van der Waals surface area contributed by atoms with Gasteiger partial charge in [0, 0.05) is 24.6 Å². The molecule has 0 atom stereocenters. The normalized spacial score (nSPS) is 23.5. The quantitative estimate of drug-likeness (QED) is 0.416. The summed E-state index contributed by atoms with van der Waals surface area (Å²) in [5.41, 5.74) is -0.950. The number of alkyl halides is 3. The minimum atomic E-state index is -4.48. The summed E-state index contributed by atoms with van der Waals surface area (Å²) in [6.45, 7) is 0.495. The molecule has 2 aromatic carbocycles. The molecule has 10 heteroatoms. The Labute approximate surface area is 211 Å². The van der Waals surface area contributed by atoms with Crippen LogP contribution in [0.15, 0.2) is 48.5 Å². The molecule has 1 heterocycles. The molecule has 2 bridgehead atoms. The van der Waals surface area contributed by atoms with E-state index in [4.69, 9.17) is 16.3 Å². The van der Waals surface area contributed by atoms with Crippen molar-refractivity contribution in [3.05, 3.63) is 64.9 Å².